The van der Waals surface area contributed by atoms with E-state index in [-0.39, 0.29) is 5.84 Å². The molecule has 0 fully saturated rings. The molecule has 0 aliphatic carbocycles. The lowest BCUT2D eigenvalue weighted by molar-refractivity contribution is 0.318. The van der Waals surface area contributed by atoms with Crippen molar-refractivity contribution in [3.05, 3.63) is 60.3 Å². The first-order valence-electron chi connectivity index (χ1n) is 7.67. The normalized spacial score (nSPS) is 11.9. The van der Waals surface area contributed by atoms with E-state index in [2.05, 4.69) is 31.8 Å². The summed E-state index contributed by atoms with van der Waals surface area (Å²) >= 11 is 4.07. The van der Waals surface area contributed by atoms with E-state index in [9.17, 15) is 0 Å². The molecule has 126 valence electrons. The standard InChI is InChI=1S/C17H13N5O.H2S2/c18-15(22-23)10-5-7-11(8-6-10)16-20-14-13-4-2-1-3-12(13)9-19-17(14)21-16;1-2/h1-9,23H,(H2,18,22)(H,19,20,21);1-2H/i/hD. The Morgan fingerprint density at radius 2 is 1.92 bits per heavy atom. The second-order valence-electron chi connectivity index (χ2n) is 5.19. The van der Waals surface area contributed by atoms with E-state index < -0.39 is 0 Å². The number of thiol groups is 2. The summed E-state index contributed by atoms with van der Waals surface area (Å²) in [7, 11) is 0. The maximum atomic E-state index is 8.71. The molecule has 0 atom stereocenters. The largest absolute Gasteiger partial charge is 0.409 e. The van der Waals surface area contributed by atoms with Gasteiger partial charge in [0.2, 0.25) is 0 Å². The van der Waals surface area contributed by atoms with Crippen LogP contribution in [0.15, 0.2) is 59.9 Å². The number of H-pyrrole nitrogens is 1. The predicted molar refractivity (Wildman–Crippen MR) is 107 cm³/mol. The van der Waals surface area contributed by atoms with Gasteiger partial charge in [0.25, 0.3) is 0 Å². The lowest BCUT2D eigenvalue weighted by atomic mass is 10.1. The summed E-state index contributed by atoms with van der Waals surface area (Å²) in [5, 5.41) is 13.9. The number of hydrogen-bond acceptors (Lipinski definition) is 6. The Morgan fingerprint density at radius 1 is 1.20 bits per heavy atom. The zero-order valence-electron chi connectivity index (χ0n) is 13.9. The zero-order valence-corrected chi connectivity index (χ0v) is 14.6. The molecule has 0 amide bonds. The van der Waals surface area contributed by atoms with E-state index in [0.29, 0.717) is 22.8 Å². The van der Waals surface area contributed by atoms with Crippen molar-refractivity contribution in [1.29, 1.82) is 1.12 Å². The van der Waals surface area contributed by atoms with Gasteiger partial charge in [-0.1, -0.05) is 53.7 Å². The van der Waals surface area contributed by atoms with Crippen molar-refractivity contribution < 1.29 is 5.21 Å². The molecule has 0 bridgehead atoms. The highest BCUT2D eigenvalue weighted by atomic mass is 33.1. The van der Waals surface area contributed by atoms with Crippen molar-refractivity contribution in [3.8, 4) is 11.4 Å². The number of nitrogens with two attached hydrogens (primary N) is 1. The second-order valence-corrected chi connectivity index (χ2v) is 5.19. The Morgan fingerprint density at radius 3 is 2.64 bits per heavy atom. The van der Waals surface area contributed by atoms with Crippen molar-refractivity contribution in [3.63, 3.8) is 0 Å². The number of nitrogens with one attached hydrogen (secondary N) is 1. The topological polar surface area (TPSA) is 100 Å². The van der Waals surface area contributed by atoms with Gasteiger partial charge in [-0.05, 0) is 0 Å². The van der Waals surface area contributed by atoms with E-state index in [1.165, 1.54) is 0 Å². The highest BCUT2D eigenvalue weighted by Gasteiger charge is 2.09. The van der Waals surface area contributed by atoms with Gasteiger partial charge in [-0.25, -0.2) is 9.97 Å². The molecular weight excluding hydrogens is 354 g/mol. The Hall–Kier alpha value is -2.71. The van der Waals surface area contributed by atoms with Crippen LogP contribution in [0.25, 0.3) is 33.3 Å². The molecule has 0 saturated carbocycles. The summed E-state index contributed by atoms with van der Waals surface area (Å²) in [6.45, 7) is 0. The van der Waals surface area contributed by atoms with Crippen LogP contribution in [-0.4, -0.2) is 27.1 Å². The van der Waals surface area contributed by atoms with Crippen LogP contribution in [0.2, 0.25) is 0 Å². The number of benzene rings is 2. The average Bonchev–Trinajstić information content (AvgIpc) is 3.13. The minimum absolute atomic E-state index is 0.0776. The fourth-order valence-electron chi connectivity index (χ4n) is 2.61. The summed E-state index contributed by atoms with van der Waals surface area (Å²) in [4.78, 5) is 12.3. The molecule has 4 N–H and O–H groups in total. The molecule has 4 rings (SSSR count). The van der Waals surface area contributed by atoms with Crippen LogP contribution in [0.4, 0.5) is 0 Å². The quantitative estimate of drug-likeness (QED) is 0.0929. The van der Waals surface area contributed by atoms with Gasteiger partial charge in [0, 0.05) is 28.1 Å². The van der Waals surface area contributed by atoms with Gasteiger partial charge in [0.05, 0.1) is 5.52 Å². The van der Waals surface area contributed by atoms with E-state index in [1.807, 2.05) is 42.6 Å². The van der Waals surface area contributed by atoms with Crippen LogP contribution in [0, 0.1) is 0 Å². The first-order valence-corrected chi connectivity index (χ1v) is 8.72. The lowest BCUT2D eigenvalue weighted by Crippen LogP contribution is -2.12. The van der Waals surface area contributed by atoms with Crippen molar-refractivity contribution in [1.82, 2.24) is 15.0 Å². The van der Waals surface area contributed by atoms with E-state index >= 15 is 0 Å². The molecule has 0 saturated heterocycles. The molecule has 8 heteroatoms. The molecule has 2 aromatic heterocycles. The number of pyridine rings is 1. The number of oxime groups is 1. The first kappa shape index (κ1) is 15.8. The summed E-state index contributed by atoms with van der Waals surface area (Å²) in [5.74, 6) is 0.809. The SMILES string of the molecule is N/C(=N/O)c1ccc(-c2nc3ncc4ccccc4c3[nH]2)cc1.[2H]SS. The Kier molecular flexibility index (Phi) is 4.71. The van der Waals surface area contributed by atoms with Gasteiger partial charge < -0.3 is 15.9 Å². The number of hydrogen-bond donors (Lipinski definition) is 5. The van der Waals surface area contributed by atoms with Crippen LogP contribution in [-0.2, 0) is 0 Å². The van der Waals surface area contributed by atoms with Gasteiger partial charge in [-0.2, -0.15) is 0 Å². The molecule has 0 unspecified atom stereocenters. The molecule has 2 heterocycles. The monoisotopic (exact) mass is 370 g/mol. The van der Waals surface area contributed by atoms with Crippen LogP contribution >= 0.6 is 23.2 Å². The smallest absolute Gasteiger partial charge is 0.178 e. The molecule has 25 heavy (non-hydrogen) atoms. The minimum atomic E-state index is 0.0776. The number of nitrogens with zero attached hydrogens (tertiary/aromatic N) is 3. The molecule has 6 nitrogen and oxygen atoms in total. The third-order valence-corrected chi connectivity index (χ3v) is 3.80. The molecule has 0 aliphatic rings. The minimum Gasteiger partial charge on any atom is -0.409 e. The maximum absolute atomic E-state index is 8.71. The third kappa shape index (κ3) is 3.26. The van der Waals surface area contributed by atoms with E-state index in [0.717, 1.165) is 27.7 Å². The highest BCUT2D eigenvalue weighted by molar-refractivity contribution is 8.59. The Balaban J connectivity index is 0.000000613. The summed E-state index contributed by atoms with van der Waals surface area (Å²) in [5.41, 5.74) is 8.72. The third-order valence-electron chi connectivity index (χ3n) is 3.80. The van der Waals surface area contributed by atoms with Gasteiger partial charge in [-0.3, -0.25) is 0 Å². The first-order chi connectivity index (χ1) is 12.7. The molecule has 4 aromatic rings. The van der Waals surface area contributed by atoms with Crippen LogP contribution in [0.1, 0.15) is 5.56 Å². The van der Waals surface area contributed by atoms with Gasteiger partial charge in [0.1, 0.15) is 6.95 Å². The van der Waals surface area contributed by atoms with E-state index in [4.69, 9.17) is 12.1 Å². The number of imidazole rings is 1. The van der Waals surface area contributed by atoms with Gasteiger partial charge in [-0.15, -0.1) is 23.2 Å². The Labute approximate surface area is 155 Å². The molecule has 0 spiro atoms. The molecule has 0 radical (unpaired) electrons. The summed E-state index contributed by atoms with van der Waals surface area (Å²) < 4.78 is 5.99. The highest BCUT2D eigenvalue weighted by Crippen LogP contribution is 2.25. The number of aromatic amines is 1. The lowest BCUT2D eigenvalue weighted by Gasteiger charge is -2.00. The number of amidine groups is 1. The Bertz CT molecular complexity index is 1070. The molecule has 0 aliphatic heterocycles. The van der Waals surface area contributed by atoms with Gasteiger partial charge >= 0.3 is 0 Å². The van der Waals surface area contributed by atoms with Crippen molar-refractivity contribution in [2.45, 2.75) is 0 Å². The zero-order chi connectivity index (χ0) is 18.5. The second kappa shape index (κ2) is 7.45. The fraction of sp³-hybridized carbons (Fsp3) is 0. The maximum Gasteiger partial charge on any atom is 0.178 e. The average molecular weight is 370 g/mol. The van der Waals surface area contributed by atoms with Crippen molar-refractivity contribution >= 4 is 51.0 Å². The van der Waals surface area contributed by atoms with Crippen LogP contribution in [0.3, 0.4) is 0 Å². The summed E-state index contributed by atoms with van der Waals surface area (Å²) in [6.07, 6.45) is 1.82. The molecule has 2 aromatic carbocycles. The van der Waals surface area contributed by atoms with Gasteiger partial charge in [0.15, 0.2) is 11.5 Å². The van der Waals surface area contributed by atoms with Crippen LogP contribution in [0.5, 0.6) is 0 Å². The number of rotatable bonds is 2. The summed E-state index contributed by atoms with van der Waals surface area (Å²) in [6, 6.07) is 15.3. The molecular formula is C17H15N5OS2. The van der Waals surface area contributed by atoms with Crippen molar-refractivity contribution in [2.24, 2.45) is 10.9 Å². The van der Waals surface area contributed by atoms with Crippen molar-refractivity contribution in [2.75, 3.05) is 0 Å². The fourth-order valence-corrected chi connectivity index (χ4v) is 2.61. The number of aromatic nitrogens is 3. The van der Waals surface area contributed by atoms with Crippen LogP contribution < -0.4 is 5.73 Å². The number of fused-ring (bicyclic) bond motifs is 3. The predicted octanol–water partition coefficient (Wildman–Crippen LogP) is 3.63. The van der Waals surface area contributed by atoms with E-state index in [1.54, 1.807) is 12.1 Å².